The number of rotatable bonds is 10. The summed E-state index contributed by atoms with van der Waals surface area (Å²) in [5.41, 5.74) is 0. The molecule has 0 aromatic rings. The van der Waals surface area contributed by atoms with Crippen LogP contribution < -0.4 is 5.32 Å². The summed E-state index contributed by atoms with van der Waals surface area (Å²) in [6, 6.07) is 0.423. The lowest BCUT2D eigenvalue weighted by Crippen LogP contribution is -2.27. The van der Waals surface area contributed by atoms with Crippen LogP contribution in [0.4, 0.5) is 0 Å². The van der Waals surface area contributed by atoms with Crippen LogP contribution in [0.3, 0.4) is 0 Å². The second kappa shape index (κ2) is 9.03. The molecule has 1 unspecified atom stereocenters. The van der Waals surface area contributed by atoms with E-state index in [1.807, 2.05) is 13.8 Å². The van der Waals surface area contributed by atoms with Crippen molar-refractivity contribution in [3.05, 3.63) is 0 Å². The highest BCUT2D eigenvalue weighted by atomic mass is 31.2. The Morgan fingerprint density at radius 1 is 1.18 bits per heavy atom. The van der Waals surface area contributed by atoms with Gasteiger partial charge < -0.3 is 14.9 Å². The summed E-state index contributed by atoms with van der Waals surface area (Å²) in [6.45, 7) is 9.04. The third kappa shape index (κ3) is 12.3. The molecular weight excluding hydrogens is 245 g/mol. The van der Waals surface area contributed by atoms with E-state index in [4.69, 9.17) is 13.8 Å². The molecule has 0 aromatic heterocycles. The third-order valence-electron chi connectivity index (χ3n) is 1.63. The van der Waals surface area contributed by atoms with Gasteiger partial charge in [-0.25, -0.2) is 4.57 Å². The maximum Gasteiger partial charge on any atom is 0.472 e. The van der Waals surface area contributed by atoms with E-state index in [1.54, 1.807) is 13.8 Å². The lowest BCUT2D eigenvalue weighted by Gasteiger charge is -2.14. The van der Waals surface area contributed by atoms with Crippen LogP contribution in [0, 0.1) is 0 Å². The van der Waals surface area contributed by atoms with E-state index in [-0.39, 0.29) is 19.3 Å². The molecular formula is C10H24NO5P. The van der Waals surface area contributed by atoms with E-state index in [1.165, 1.54) is 0 Å². The number of hydrogen-bond acceptors (Lipinski definition) is 5. The zero-order chi connectivity index (χ0) is 13.3. The molecule has 6 nitrogen and oxygen atoms in total. The SMILES string of the molecule is CC(C)NCCOCCOP(=O)(O)OC(C)C. The topological polar surface area (TPSA) is 77.0 Å². The van der Waals surface area contributed by atoms with Gasteiger partial charge in [-0.3, -0.25) is 9.05 Å². The zero-order valence-electron chi connectivity index (χ0n) is 11.0. The van der Waals surface area contributed by atoms with Crippen molar-refractivity contribution in [2.24, 2.45) is 0 Å². The molecule has 0 aliphatic rings. The van der Waals surface area contributed by atoms with Gasteiger partial charge in [-0.1, -0.05) is 13.8 Å². The molecule has 1 atom stereocenters. The van der Waals surface area contributed by atoms with Crippen molar-refractivity contribution in [1.29, 1.82) is 0 Å². The Morgan fingerprint density at radius 3 is 2.35 bits per heavy atom. The van der Waals surface area contributed by atoms with Gasteiger partial charge in [0.1, 0.15) is 0 Å². The zero-order valence-corrected chi connectivity index (χ0v) is 11.9. The lowest BCUT2D eigenvalue weighted by molar-refractivity contribution is 0.0692. The molecule has 0 saturated heterocycles. The van der Waals surface area contributed by atoms with Crippen LogP contribution in [-0.2, 0) is 18.3 Å². The highest BCUT2D eigenvalue weighted by Gasteiger charge is 2.22. The maximum atomic E-state index is 11.2. The summed E-state index contributed by atoms with van der Waals surface area (Å²) in [5.74, 6) is 0. The van der Waals surface area contributed by atoms with Crippen LogP contribution in [0.1, 0.15) is 27.7 Å². The van der Waals surface area contributed by atoms with Gasteiger partial charge in [0.25, 0.3) is 0 Å². The fourth-order valence-corrected chi connectivity index (χ4v) is 1.93. The molecule has 0 amide bonds. The number of nitrogens with one attached hydrogen (secondary N) is 1. The first kappa shape index (κ1) is 17.0. The Labute approximate surface area is 103 Å². The minimum atomic E-state index is -3.92. The van der Waals surface area contributed by atoms with Gasteiger partial charge in [-0.2, -0.15) is 0 Å². The van der Waals surface area contributed by atoms with Crippen LogP contribution in [0.5, 0.6) is 0 Å². The average Bonchev–Trinajstić information content (AvgIpc) is 2.13. The molecule has 104 valence electrons. The van der Waals surface area contributed by atoms with E-state index in [2.05, 4.69) is 5.32 Å². The molecule has 0 radical (unpaired) electrons. The molecule has 0 aliphatic heterocycles. The summed E-state index contributed by atoms with van der Waals surface area (Å²) < 4.78 is 25.9. The Balaban J connectivity index is 3.42. The van der Waals surface area contributed by atoms with Crippen LogP contribution in [-0.4, -0.2) is 43.4 Å². The van der Waals surface area contributed by atoms with E-state index in [0.29, 0.717) is 12.6 Å². The van der Waals surface area contributed by atoms with Crippen LogP contribution >= 0.6 is 7.82 Å². The molecule has 0 saturated carbocycles. The van der Waals surface area contributed by atoms with Crippen LogP contribution in [0.25, 0.3) is 0 Å². The predicted octanol–water partition coefficient (Wildman–Crippen LogP) is 1.54. The van der Waals surface area contributed by atoms with E-state index >= 15 is 0 Å². The first-order chi connectivity index (χ1) is 7.83. The summed E-state index contributed by atoms with van der Waals surface area (Å²) in [6.07, 6.45) is -0.345. The molecule has 17 heavy (non-hydrogen) atoms. The summed E-state index contributed by atoms with van der Waals surface area (Å²) in [7, 11) is -3.92. The highest BCUT2D eigenvalue weighted by Crippen LogP contribution is 2.44. The monoisotopic (exact) mass is 269 g/mol. The minimum absolute atomic E-state index is 0.0438. The first-order valence-electron chi connectivity index (χ1n) is 5.80. The van der Waals surface area contributed by atoms with Crippen molar-refractivity contribution in [2.75, 3.05) is 26.4 Å². The first-order valence-corrected chi connectivity index (χ1v) is 7.30. The smallest absolute Gasteiger partial charge is 0.378 e. The number of phosphoric acid groups is 1. The average molecular weight is 269 g/mol. The van der Waals surface area contributed by atoms with Crippen molar-refractivity contribution in [3.8, 4) is 0 Å². The number of phosphoric ester groups is 1. The summed E-state index contributed by atoms with van der Waals surface area (Å²) in [5, 5.41) is 3.18. The van der Waals surface area contributed by atoms with Crippen molar-refractivity contribution >= 4 is 7.82 Å². The van der Waals surface area contributed by atoms with Crippen molar-refractivity contribution in [2.45, 2.75) is 39.8 Å². The van der Waals surface area contributed by atoms with Gasteiger partial charge in [0, 0.05) is 12.6 Å². The molecule has 0 aromatic carbocycles. The number of ether oxygens (including phenoxy) is 1. The second-order valence-corrected chi connectivity index (χ2v) is 5.58. The summed E-state index contributed by atoms with van der Waals surface area (Å²) >= 11 is 0. The Hall–Kier alpha value is 0.0300. The molecule has 0 heterocycles. The molecule has 0 spiro atoms. The van der Waals surface area contributed by atoms with E-state index in [0.717, 1.165) is 6.54 Å². The van der Waals surface area contributed by atoms with E-state index in [9.17, 15) is 9.46 Å². The van der Waals surface area contributed by atoms with Gasteiger partial charge in [-0.05, 0) is 13.8 Å². The van der Waals surface area contributed by atoms with Crippen molar-refractivity contribution in [3.63, 3.8) is 0 Å². The molecule has 7 heteroatoms. The lowest BCUT2D eigenvalue weighted by atomic mass is 10.4. The Kier molecular flexibility index (Phi) is 9.04. The Morgan fingerprint density at radius 2 is 1.82 bits per heavy atom. The van der Waals surface area contributed by atoms with Crippen molar-refractivity contribution < 1.29 is 23.2 Å². The van der Waals surface area contributed by atoms with Gasteiger partial charge in [0.05, 0.1) is 25.9 Å². The molecule has 0 aliphatic carbocycles. The highest BCUT2D eigenvalue weighted by molar-refractivity contribution is 7.47. The van der Waals surface area contributed by atoms with Crippen molar-refractivity contribution in [1.82, 2.24) is 5.32 Å². The van der Waals surface area contributed by atoms with Gasteiger partial charge in [-0.15, -0.1) is 0 Å². The standard InChI is InChI=1S/C10H24NO5P/c1-9(2)11-5-6-14-7-8-15-17(12,13)16-10(3)4/h9-11H,5-8H2,1-4H3,(H,12,13). The van der Waals surface area contributed by atoms with Crippen LogP contribution in [0.2, 0.25) is 0 Å². The molecule has 0 rings (SSSR count). The normalized spacial score (nSPS) is 15.5. The van der Waals surface area contributed by atoms with Gasteiger partial charge in [0.15, 0.2) is 0 Å². The molecule has 2 N–H and O–H groups in total. The van der Waals surface area contributed by atoms with Gasteiger partial charge >= 0.3 is 7.82 Å². The number of hydrogen-bond donors (Lipinski definition) is 2. The fourth-order valence-electron chi connectivity index (χ4n) is 1.03. The predicted molar refractivity (Wildman–Crippen MR) is 66.0 cm³/mol. The molecule has 0 fully saturated rings. The largest absolute Gasteiger partial charge is 0.472 e. The van der Waals surface area contributed by atoms with Crippen LogP contribution in [0.15, 0.2) is 0 Å². The maximum absolute atomic E-state index is 11.2. The fraction of sp³-hybridized carbons (Fsp3) is 1.00. The summed E-state index contributed by atoms with van der Waals surface area (Å²) in [4.78, 5) is 9.20. The second-order valence-electron chi connectivity index (χ2n) is 4.18. The molecule has 0 bridgehead atoms. The third-order valence-corrected chi connectivity index (χ3v) is 2.82. The minimum Gasteiger partial charge on any atom is -0.378 e. The van der Waals surface area contributed by atoms with E-state index < -0.39 is 7.82 Å². The Bertz CT molecular complexity index is 235. The van der Waals surface area contributed by atoms with Gasteiger partial charge in [0.2, 0.25) is 0 Å². The quantitative estimate of drug-likeness (QED) is 0.463.